The summed E-state index contributed by atoms with van der Waals surface area (Å²) in [5, 5.41) is 38.9. The standard InChI is InChI=1S/C8H8O6/c9-5-1-3(7(11)12)4(8(13)14)2-6(5)10/h1-2,5-6,9-10H,(H,11,12)(H,13,14)/p-2/t5-,6+. The first kappa shape index (κ1) is 10.4. The van der Waals surface area contributed by atoms with Crippen LogP contribution in [0, 0.1) is 0 Å². The van der Waals surface area contributed by atoms with E-state index in [9.17, 15) is 19.8 Å². The molecule has 0 saturated heterocycles. The van der Waals surface area contributed by atoms with Crippen molar-refractivity contribution in [2.45, 2.75) is 12.2 Å². The molecular formula is C8H6O6-2. The van der Waals surface area contributed by atoms with Crippen LogP contribution in [0.25, 0.3) is 0 Å². The summed E-state index contributed by atoms with van der Waals surface area (Å²) in [5.41, 5.74) is -1.38. The van der Waals surface area contributed by atoms with E-state index in [4.69, 9.17) is 10.2 Å². The first-order valence-electron chi connectivity index (χ1n) is 3.66. The van der Waals surface area contributed by atoms with Crippen LogP contribution in [-0.2, 0) is 9.59 Å². The zero-order valence-corrected chi connectivity index (χ0v) is 6.84. The van der Waals surface area contributed by atoms with Crippen molar-refractivity contribution in [1.29, 1.82) is 0 Å². The van der Waals surface area contributed by atoms with Crippen molar-refractivity contribution < 1.29 is 30.0 Å². The third-order valence-electron chi connectivity index (χ3n) is 1.75. The van der Waals surface area contributed by atoms with E-state index in [2.05, 4.69) is 0 Å². The third kappa shape index (κ3) is 1.81. The van der Waals surface area contributed by atoms with Gasteiger partial charge in [-0.15, -0.1) is 0 Å². The van der Waals surface area contributed by atoms with E-state index in [1.165, 1.54) is 0 Å². The Bertz CT molecular complexity index is 306. The van der Waals surface area contributed by atoms with Crippen LogP contribution in [0.4, 0.5) is 0 Å². The molecule has 0 radical (unpaired) electrons. The molecule has 14 heavy (non-hydrogen) atoms. The lowest BCUT2D eigenvalue weighted by Crippen LogP contribution is -2.38. The lowest BCUT2D eigenvalue weighted by atomic mass is 9.94. The van der Waals surface area contributed by atoms with Crippen LogP contribution in [0.3, 0.4) is 0 Å². The fourth-order valence-electron chi connectivity index (χ4n) is 1.07. The Kier molecular flexibility index (Phi) is 2.68. The van der Waals surface area contributed by atoms with Crippen LogP contribution in [0.5, 0.6) is 0 Å². The quantitative estimate of drug-likeness (QED) is 0.467. The van der Waals surface area contributed by atoms with Crippen molar-refractivity contribution >= 4 is 11.9 Å². The SMILES string of the molecule is O=C([O-])C1=C[C@@H](O)[C@@H](O)C=C1C(=O)[O-]. The molecule has 0 aromatic carbocycles. The van der Waals surface area contributed by atoms with Crippen LogP contribution in [0.1, 0.15) is 0 Å². The molecule has 1 rings (SSSR count). The normalized spacial score (nSPS) is 26.4. The summed E-state index contributed by atoms with van der Waals surface area (Å²) in [7, 11) is 0. The number of rotatable bonds is 2. The second-order valence-corrected chi connectivity index (χ2v) is 2.72. The Morgan fingerprint density at radius 1 is 1.00 bits per heavy atom. The van der Waals surface area contributed by atoms with Crippen molar-refractivity contribution in [2.24, 2.45) is 0 Å². The lowest BCUT2D eigenvalue weighted by Gasteiger charge is -2.23. The largest absolute Gasteiger partial charge is 0.545 e. The molecule has 1 aliphatic carbocycles. The van der Waals surface area contributed by atoms with Gasteiger partial charge in [0.05, 0.1) is 11.9 Å². The molecular weight excluding hydrogens is 192 g/mol. The van der Waals surface area contributed by atoms with Gasteiger partial charge in [0, 0.05) is 11.1 Å². The molecule has 0 heterocycles. The van der Waals surface area contributed by atoms with E-state index in [0.29, 0.717) is 12.2 Å². The molecule has 1 aliphatic rings. The molecule has 6 nitrogen and oxygen atoms in total. The number of carboxylic acids is 2. The van der Waals surface area contributed by atoms with Gasteiger partial charge >= 0.3 is 0 Å². The van der Waals surface area contributed by atoms with Crippen LogP contribution in [0.15, 0.2) is 23.3 Å². The summed E-state index contributed by atoms with van der Waals surface area (Å²) in [6, 6.07) is 0. The number of aliphatic hydroxyl groups excluding tert-OH is 2. The van der Waals surface area contributed by atoms with Gasteiger partial charge in [0.1, 0.15) is 12.2 Å². The number of hydrogen-bond donors (Lipinski definition) is 2. The minimum atomic E-state index is -1.74. The summed E-state index contributed by atoms with van der Waals surface area (Å²) in [6.07, 6.45) is -1.51. The summed E-state index contributed by atoms with van der Waals surface area (Å²) >= 11 is 0. The summed E-state index contributed by atoms with van der Waals surface area (Å²) in [5.74, 6) is -3.49. The van der Waals surface area contributed by atoms with Crippen molar-refractivity contribution in [3.05, 3.63) is 23.3 Å². The summed E-state index contributed by atoms with van der Waals surface area (Å²) < 4.78 is 0. The molecule has 76 valence electrons. The molecule has 0 aliphatic heterocycles. The monoisotopic (exact) mass is 198 g/mol. The maximum Gasteiger partial charge on any atom is 0.103 e. The van der Waals surface area contributed by atoms with E-state index in [0.717, 1.165) is 0 Å². The van der Waals surface area contributed by atoms with Gasteiger partial charge in [0.15, 0.2) is 0 Å². The summed E-state index contributed by atoms with van der Waals surface area (Å²) in [4.78, 5) is 20.8. The van der Waals surface area contributed by atoms with E-state index >= 15 is 0 Å². The molecule has 0 aromatic rings. The number of carbonyl (C=O) groups excluding carboxylic acids is 2. The Balaban J connectivity index is 3.13. The Morgan fingerprint density at radius 3 is 1.50 bits per heavy atom. The minimum absolute atomic E-state index is 0.692. The molecule has 0 unspecified atom stereocenters. The van der Waals surface area contributed by atoms with Gasteiger partial charge in [-0.2, -0.15) is 0 Å². The smallest absolute Gasteiger partial charge is 0.103 e. The third-order valence-corrected chi connectivity index (χ3v) is 1.75. The maximum atomic E-state index is 10.4. The highest BCUT2D eigenvalue weighted by Crippen LogP contribution is 2.18. The molecule has 2 atom stereocenters. The van der Waals surface area contributed by atoms with Gasteiger partial charge in [-0.1, -0.05) is 0 Å². The second kappa shape index (κ2) is 3.60. The first-order valence-corrected chi connectivity index (χ1v) is 3.66. The second-order valence-electron chi connectivity index (χ2n) is 2.72. The van der Waals surface area contributed by atoms with Gasteiger partial charge in [-0.25, -0.2) is 0 Å². The highest BCUT2D eigenvalue weighted by atomic mass is 16.4. The summed E-state index contributed by atoms with van der Waals surface area (Å²) in [6.45, 7) is 0. The minimum Gasteiger partial charge on any atom is -0.545 e. The molecule has 0 spiro atoms. The highest BCUT2D eigenvalue weighted by molar-refractivity contribution is 6.04. The average Bonchev–Trinajstić information content (AvgIpc) is 2.08. The topological polar surface area (TPSA) is 121 Å². The van der Waals surface area contributed by atoms with Crippen molar-refractivity contribution in [3.63, 3.8) is 0 Å². The van der Waals surface area contributed by atoms with E-state index in [1.807, 2.05) is 0 Å². The Labute approximate surface area is 78.4 Å². The van der Waals surface area contributed by atoms with Gasteiger partial charge in [0.25, 0.3) is 0 Å². The predicted molar refractivity (Wildman–Crippen MR) is 38.2 cm³/mol. The van der Waals surface area contributed by atoms with Crippen molar-refractivity contribution in [1.82, 2.24) is 0 Å². The van der Waals surface area contributed by atoms with Crippen LogP contribution in [0.2, 0.25) is 0 Å². The zero-order chi connectivity index (χ0) is 10.9. The Morgan fingerprint density at radius 2 is 1.29 bits per heavy atom. The van der Waals surface area contributed by atoms with Crippen molar-refractivity contribution in [3.8, 4) is 0 Å². The molecule has 0 bridgehead atoms. The predicted octanol–water partition coefficient (Wildman–Crippen LogP) is -3.93. The number of carbonyl (C=O) groups is 2. The average molecular weight is 198 g/mol. The van der Waals surface area contributed by atoms with Gasteiger partial charge in [0.2, 0.25) is 0 Å². The van der Waals surface area contributed by atoms with E-state index in [1.54, 1.807) is 0 Å². The fraction of sp³-hybridized carbons (Fsp3) is 0.250. The van der Waals surface area contributed by atoms with Gasteiger partial charge < -0.3 is 30.0 Å². The maximum absolute atomic E-state index is 10.4. The molecule has 6 heteroatoms. The number of aliphatic carboxylic acids is 2. The fourth-order valence-corrected chi connectivity index (χ4v) is 1.07. The number of aliphatic hydroxyl groups is 2. The molecule has 0 amide bonds. The Hall–Kier alpha value is -1.66. The first-order chi connectivity index (χ1) is 6.43. The van der Waals surface area contributed by atoms with E-state index in [-0.39, 0.29) is 0 Å². The lowest BCUT2D eigenvalue weighted by molar-refractivity contribution is -0.304. The van der Waals surface area contributed by atoms with Crippen LogP contribution < -0.4 is 10.2 Å². The molecule has 0 aromatic heterocycles. The van der Waals surface area contributed by atoms with Crippen LogP contribution >= 0.6 is 0 Å². The van der Waals surface area contributed by atoms with Gasteiger partial charge in [-0.05, 0) is 12.2 Å². The number of carboxylic acid groups (broad SMARTS) is 2. The van der Waals surface area contributed by atoms with Gasteiger partial charge in [-0.3, -0.25) is 0 Å². The van der Waals surface area contributed by atoms with E-state index < -0.39 is 35.3 Å². The molecule has 0 fully saturated rings. The zero-order valence-electron chi connectivity index (χ0n) is 6.84. The molecule has 0 saturated carbocycles. The number of hydrogen-bond acceptors (Lipinski definition) is 6. The molecule has 2 N–H and O–H groups in total. The highest BCUT2D eigenvalue weighted by Gasteiger charge is 2.22. The van der Waals surface area contributed by atoms with Crippen LogP contribution in [-0.4, -0.2) is 34.4 Å². The van der Waals surface area contributed by atoms with Crippen molar-refractivity contribution in [2.75, 3.05) is 0 Å².